The lowest BCUT2D eigenvalue weighted by molar-refractivity contribution is -0.126. The van der Waals surface area contributed by atoms with Crippen LogP contribution in [0.1, 0.15) is 12.8 Å². The van der Waals surface area contributed by atoms with E-state index in [1.807, 2.05) is 24.3 Å². The van der Waals surface area contributed by atoms with E-state index in [1.54, 1.807) is 17.0 Å². The Morgan fingerprint density at radius 2 is 1.93 bits per heavy atom. The van der Waals surface area contributed by atoms with Gasteiger partial charge in [-0.3, -0.25) is 9.59 Å². The van der Waals surface area contributed by atoms with Gasteiger partial charge >= 0.3 is 0 Å². The van der Waals surface area contributed by atoms with Crippen LogP contribution in [-0.4, -0.2) is 38.0 Å². The van der Waals surface area contributed by atoms with E-state index < -0.39 is 0 Å². The van der Waals surface area contributed by atoms with Crippen molar-refractivity contribution >= 4 is 39.1 Å². The van der Waals surface area contributed by atoms with Gasteiger partial charge in [0.05, 0.1) is 5.92 Å². The highest BCUT2D eigenvalue weighted by Gasteiger charge is 2.35. The minimum atomic E-state index is -0.323. The maximum Gasteiger partial charge on any atom is 0.227 e. The standard InChI is InChI=1S/C22H23BrFN3O2/c23-17-2-1-3-20(11-17)27-14-16(10-21(27)28)22(29)25-12-15-8-9-26(13-15)19-6-4-18(24)5-7-19/h1-7,11,15-16H,8-10,12-14H2,(H,25,29)/t15-,16+/m0/s1. The topological polar surface area (TPSA) is 52.7 Å². The molecular weight excluding hydrogens is 437 g/mol. The van der Waals surface area contributed by atoms with Gasteiger partial charge in [-0.05, 0) is 54.8 Å². The van der Waals surface area contributed by atoms with Crippen molar-refractivity contribution < 1.29 is 14.0 Å². The first-order valence-electron chi connectivity index (χ1n) is 9.84. The summed E-state index contributed by atoms with van der Waals surface area (Å²) in [5.41, 5.74) is 1.82. The molecule has 2 amide bonds. The molecule has 2 atom stereocenters. The average molecular weight is 460 g/mol. The lowest BCUT2D eigenvalue weighted by Gasteiger charge is -2.19. The second-order valence-electron chi connectivity index (χ2n) is 7.71. The monoisotopic (exact) mass is 459 g/mol. The molecule has 2 aromatic carbocycles. The molecule has 2 fully saturated rings. The zero-order valence-corrected chi connectivity index (χ0v) is 17.6. The Bertz CT molecular complexity index is 905. The van der Waals surface area contributed by atoms with Crippen molar-refractivity contribution in [1.82, 2.24) is 5.32 Å². The van der Waals surface area contributed by atoms with Gasteiger partial charge in [-0.2, -0.15) is 0 Å². The fourth-order valence-electron chi connectivity index (χ4n) is 4.05. The molecule has 2 aliphatic rings. The molecule has 5 nitrogen and oxygen atoms in total. The van der Waals surface area contributed by atoms with Crippen molar-refractivity contribution in [3.8, 4) is 0 Å². The van der Waals surface area contributed by atoms with E-state index in [9.17, 15) is 14.0 Å². The van der Waals surface area contributed by atoms with Crippen molar-refractivity contribution in [3.05, 3.63) is 58.8 Å². The minimum Gasteiger partial charge on any atom is -0.371 e. The van der Waals surface area contributed by atoms with Crippen LogP contribution in [0, 0.1) is 17.7 Å². The molecule has 152 valence electrons. The first-order valence-corrected chi connectivity index (χ1v) is 10.6. The van der Waals surface area contributed by atoms with Crippen molar-refractivity contribution in [1.29, 1.82) is 0 Å². The van der Waals surface area contributed by atoms with Crippen LogP contribution in [0.2, 0.25) is 0 Å². The quantitative estimate of drug-likeness (QED) is 0.743. The number of hydrogen-bond donors (Lipinski definition) is 1. The molecule has 1 N–H and O–H groups in total. The maximum atomic E-state index is 13.1. The second-order valence-corrected chi connectivity index (χ2v) is 8.62. The lowest BCUT2D eigenvalue weighted by atomic mass is 10.1. The third-order valence-electron chi connectivity index (χ3n) is 5.66. The summed E-state index contributed by atoms with van der Waals surface area (Å²) in [4.78, 5) is 28.9. The predicted molar refractivity (Wildman–Crippen MR) is 114 cm³/mol. The summed E-state index contributed by atoms with van der Waals surface area (Å²) in [6.07, 6.45) is 1.22. The van der Waals surface area contributed by atoms with Crippen LogP contribution >= 0.6 is 15.9 Å². The van der Waals surface area contributed by atoms with E-state index in [0.29, 0.717) is 19.0 Å². The highest BCUT2D eigenvalue weighted by Crippen LogP contribution is 2.28. The molecule has 0 aliphatic carbocycles. The maximum absolute atomic E-state index is 13.1. The third-order valence-corrected chi connectivity index (χ3v) is 6.15. The molecule has 0 aromatic heterocycles. The fourth-order valence-corrected chi connectivity index (χ4v) is 4.44. The van der Waals surface area contributed by atoms with Gasteiger partial charge in [-0.15, -0.1) is 0 Å². The zero-order valence-electron chi connectivity index (χ0n) is 16.0. The number of halogens is 2. The molecule has 2 heterocycles. The molecule has 0 saturated carbocycles. The average Bonchev–Trinajstić information content (AvgIpc) is 3.33. The number of benzene rings is 2. The number of anilines is 2. The third kappa shape index (κ3) is 4.61. The number of rotatable bonds is 5. The molecule has 0 unspecified atom stereocenters. The molecule has 7 heteroatoms. The Morgan fingerprint density at radius 1 is 1.14 bits per heavy atom. The summed E-state index contributed by atoms with van der Waals surface area (Å²) in [6.45, 7) is 2.73. The van der Waals surface area contributed by atoms with Crippen LogP contribution in [0.3, 0.4) is 0 Å². The van der Waals surface area contributed by atoms with Gasteiger partial charge in [0.1, 0.15) is 5.82 Å². The molecule has 29 heavy (non-hydrogen) atoms. The summed E-state index contributed by atoms with van der Waals surface area (Å²) >= 11 is 3.42. The number of carbonyl (C=O) groups excluding carboxylic acids is 2. The Kier molecular flexibility index (Phi) is 5.85. The predicted octanol–water partition coefficient (Wildman–Crippen LogP) is 3.58. The Labute approximate surface area is 178 Å². The molecule has 0 radical (unpaired) electrons. The number of carbonyl (C=O) groups is 2. The Morgan fingerprint density at radius 3 is 2.69 bits per heavy atom. The normalized spacial score (nSPS) is 21.7. The lowest BCUT2D eigenvalue weighted by Crippen LogP contribution is -2.36. The van der Waals surface area contributed by atoms with E-state index in [4.69, 9.17) is 0 Å². The summed E-state index contributed by atoms with van der Waals surface area (Å²) in [7, 11) is 0. The minimum absolute atomic E-state index is 0.0217. The fraction of sp³-hybridized carbons (Fsp3) is 0.364. The van der Waals surface area contributed by atoms with Crippen molar-refractivity contribution in [2.75, 3.05) is 36.0 Å². The first kappa shape index (κ1) is 19.9. The van der Waals surface area contributed by atoms with E-state index in [2.05, 4.69) is 26.1 Å². The van der Waals surface area contributed by atoms with Crippen LogP contribution in [-0.2, 0) is 9.59 Å². The summed E-state index contributed by atoms with van der Waals surface area (Å²) in [5, 5.41) is 3.04. The molecule has 4 rings (SSSR count). The van der Waals surface area contributed by atoms with Crippen molar-refractivity contribution in [3.63, 3.8) is 0 Å². The Balaban J connectivity index is 1.28. The summed E-state index contributed by atoms with van der Waals surface area (Å²) in [5.74, 6) is -0.291. The first-order chi connectivity index (χ1) is 14.0. The van der Waals surface area contributed by atoms with Crippen LogP contribution in [0.15, 0.2) is 53.0 Å². The van der Waals surface area contributed by atoms with Gasteiger partial charge in [0.2, 0.25) is 11.8 Å². The van der Waals surface area contributed by atoms with Gasteiger partial charge in [0, 0.05) is 48.4 Å². The van der Waals surface area contributed by atoms with Gasteiger partial charge in [-0.1, -0.05) is 22.0 Å². The van der Waals surface area contributed by atoms with Gasteiger partial charge in [0.25, 0.3) is 0 Å². The van der Waals surface area contributed by atoms with E-state index >= 15 is 0 Å². The molecule has 2 aliphatic heterocycles. The molecular formula is C22H23BrFN3O2. The highest BCUT2D eigenvalue weighted by atomic mass is 79.9. The van der Waals surface area contributed by atoms with Crippen molar-refractivity contribution in [2.24, 2.45) is 11.8 Å². The second kappa shape index (κ2) is 8.53. The van der Waals surface area contributed by atoms with Crippen LogP contribution in [0.25, 0.3) is 0 Å². The molecule has 0 bridgehead atoms. The number of amides is 2. The summed E-state index contributed by atoms with van der Waals surface area (Å²) in [6, 6.07) is 14.1. The van der Waals surface area contributed by atoms with Crippen LogP contribution < -0.4 is 15.1 Å². The Hall–Kier alpha value is -2.41. The van der Waals surface area contributed by atoms with Gasteiger partial charge in [-0.25, -0.2) is 4.39 Å². The smallest absolute Gasteiger partial charge is 0.227 e. The molecule has 2 aromatic rings. The van der Waals surface area contributed by atoms with Crippen LogP contribution in [0.5, 0.6) is 0 Å². The van der Waals surface area contributed by atoms with E-state index in [0.717, 1.165) is 35.4 Å². The molecule has 2 saturated heterocycles. The molecule has 0 spiro atoms. The van der Waals surface area contributed by atoms with Crippen LogP contribution in [0.4, 0.5) is 15.8 Å². The van der Waals surface area contributed by atoms with Gasteiger partial charge in [0.15, 0.2) is 0 Å². The largest absolute Gasteiger partial charge is 0.371 e. The highest BCUT2D eigenvalue weighted by molar-refractivity contribution is 9.10. The van der Waals surface area contributed by atoms with E-state index in [1.165, 1.54) is 12.1 Å². The summed E-state index contributed by atoms with van der Waals surface area (Å²) < 4.78 is 14.0. The van der Waals surface area contributed by atoms with Crippen molar-refractivity contribution in [2.45, 2.75) is 12.8 Å². The zero-order chi connectivity index (χ0) is 20.4. The number of hydrogen-bond acceptors (Lipinski definition) is 3. The van der Waals surface area contributed by atoms with Gasteiger partial charge < -0.3 is 15.1 Å². The number of nitrogens with one attached hydrogen (secondary N) is 1. The number of nitrogens with zero attached hydrogens (tertiary/aromatic N) is 2. The van der Waals surface area contributed by atoms with E-state index in [-0.39, 0.29) is 30.0 Å². The SMILES string of the molecule is O=C(NC[C@@H]1CCN(c2ccc(F)cc2)C1)[C@@H]1CC(=O)N(c2cccc(Br)c2)C1.